The summed E-state index contributed by atoms with van der Waals surface area (Å²) in [5, 5.41) is 6.10. The SMILES string of the molecule is Nc1c(Nc2nc3ccccc3s2)ncnc1Nc1ncc(C(F)(F)F)cc1Cl. The van der Waals surface area contributed by atoms with E-state index in [9.17, 15) is 13.2 Å². The molecule has 4 aromatic rings. The van der Waals surface area contributed by atoms with Crippen molar-refractivity contribution in [3.63, 3.8) is 0 Å². The van der Waals surface area contributed by atoms with E-state index in [4.69, 9.17) is 17.3 Å². The molecule has 0 saturated heterocycles. The number of hydrogen-bond donors (Lipinski definition) is 3. The minimum atomic E-state index is -4.54. The van der Waals surface area contributed by atoms with Gasteiger partial charge < -0.3 is 16.4 Å². The number of rotatable bonds is 4. The van der Waals surface area contributed by atoms with Crippen LogP contribution in [0.25, 0.3) is 10.2 Å². The predicted molar refractivity (Wildman–Crippen MR) is 107 cm³/mol. The molecule has 0 aliphatic carbocycles. The number of anilines is 5. The highest BCUT2D eigenvalue weighted by Gasteiger charge is 2.31. The molecule has 0 fully saturated rings. The van der Waals surface area contributed by atoms with E-state index in [1.165, 1.54) is 17.7 Å². The summed E-state index contributed by atoms with van der Waals surface area (Å²) in [6.45, 7) is 0. The molecule has 4 N–H and O–H groups in total. The van der Waals surface area contributed by atoms with Crippen molar-refractivity contribution in [2.45, 2.75) is 6.18 Å². The Morgan fingerprint density at radius 1 is 1.00 bits per heavy atom. The van der Waals surface area contributed by atoms with E-state index < -0.39 is 11.7 Å². The van der Waals surface area contributed by atoms with Gasteiger partial charge in [-0.2, -0.15) is 13.2 Å². The number of para-hydroxylation sites is 1. The van der Waals surface area contributed by atoms with Gasteiger partial charge in [0.15, 0.2) is 16.8 Å². The van der Waals surface area contributed by atoms with Gasteiger partial charge in [0.05, 0.1) is 20.8 Å². The minimum absolute atomic E-state index is 0.0176. The maximum atomic E-state index is 12.8. The summed E-state index contributed by atoms with van der Waals surface area (Å²) in [4.78, 5) is 16.3. The Balaban J connectivity index is 1.60. The number of nitrogen functional groups attached to an aromatic ring is 1. The van der Waals surface area contributed by atoms with Crippen LogP contribution < -0.4 is 16.4 Å². The maximum absolute atomic E-state index is 12.8. The van der Waals surface area contributed by atoms with E-state index in [2.05, 4.69) is 30.6 Å². The number of hydrogen-bond acceptors (Lipinski definition) is 8. The van der Waals surface area contributed by atoms with Crippen molar-refractivity contribution in [3.8, 4) is 0 Å². The highest BCUT2D eigenvalue weighted by molar-refractivity contribution is 7.22. The summed E-state index contributed by atoms with van der Waals surface area (Å²) in [5.41, 5.74) is 6.10. The second-order valence-electron chi connectivity index (χ2n) is 5.77. The van der Waals surface area contributed by atoms with Crippen molar-refractivity contribution in [1.29, 1.82) is 0 Å². The number of nitrogens with zero attached hydrogens (tertiary/aromatic N) is 4. The standard InChI is InChI=1S/C17H11ClF3N7S/c18-9-5-8(17(19,20)21)6-23-13(9)27-14-12(22)15(25-7-24-14)28-16-26-10-3-1-2-4-11(10)29-16/h1-7H,22H2,(H2,23,24,25,26,27,28). The van der Waals surface area contributed by atoms with Crippen LogP contribution in [0.5, 0.6) is 0 Å². The summed E-state index contributed by atoms with van der Waals surface area (Å²) in [7, 11) is 0. The molecule has 12 heteroatoms. The number of benzene rings is 1. The first kappa shape index (κ1) is 19.2. The quantitative estimate of drug-likeness (QED) is 0.402. The number of fused-ring (bicyclic) bond motifs is 1. The zero-order valence-electron chi connectivity index (χ0n) is 14.3. The van der Waals surface area contributed by atoms with Gasteiger partial charge in [-0.25, -0.2) is 19.9 Å². The van der Waals surface area contributed by atoms with E-state index in [1.807, 2.05) is 24.3 Å². The molecule has 0 unspecified atom stereocenters. The number of nitrogens with two attached hydrogens (primary N) is 1. The molecule has 0 amide bonds. The van der Waals surface area contributed by atoms with E-state index in [1.54, 1.807) is 0 Å². The van der Waals surface area contributed by atoms with Crippen LogP contribution in [-0.4, -0.2) is 19.9 Å². The van der Waals surface area contributed by atoms with Gasteiger partial charge in [0.2, 0.25) is 0 Å². The first-order chi connectivity index (χ1) is 13.8. The van der Waals surface area contributed by atoms with Crippen LogP contribution in [-0.2, 0) is 6.18 Å². The van der Waals surface area contributed by atoms with Gasteiger partial charge in [-0.15, -0.1) is 0 Å². The molecular formula is C17H11ClF3N7S. The van der Waals surface area contributed by atoms with Gasteiger partial charge in [0.1, 0.15) is 17.8 Å². The maximum Gasteiger partial charge on any atom is 0.417 e. The van der Waals surface area contributed by atoms with E-state index in [-0.39, 0.29) is 28.2 Å². The lowest BCUT2D eigenvalue weighted by Crippen LogP contribution is -2.08. The number of pyridine rings is 1. The van der Waals surface area contributed by atoms with E-state index in [0.717, 1.165) is 16.3 Å². The molecule has 0 radical (unpaired) electrons. The fourth-order valence-corrected chi connectivity index (χ4v) is 3.50. The molecule has 0 spiro atoms. The Bertz CT molecular complexity index is 1160. The topological polar surface area (TPSA) is 102 Å². The predicted octanol–water partition coefficient (Wildman–Crippen LogP) is 5.22. The summed E-state index contributed by atoms with van der Waals surface area (Å²) in [6.07, 6.45) is -2.63. The molecule has 0 aliphatic rings. The monoisotopic (exact) mass is 437 g/mol. The molecule has 3 aromatic heterocycles. The van der Waals surface area contributed by atoms with E-state index in [0.29, 0.717) is 11.3 Å². The van der Waals surface area contributed by atoms with Gasteiger partial charge in [0, 0.05) is 6.20 Å². The minimum Gasteiger partial charge on any atom is -0.393 e. The second kappa shape index (κ2) is 7.33. The number of alkyl halides is 3. The zero-order valence-corrected chi connectivity index (χ0v) is 15.9. The van der Waals surface area contributed by atoms with Gasteiger partial charge in [-0.1, -0.05) is 35.1 Å². The van der Waals surface area contributed by atoms with Crippen molar-refractivity contribution in [3.05, 3.63) is 53.4 Å². The highest BCUT2D eigenvalue weighted by atomic mass is 35.5. The van der Waals surface area contributed by atoms with Gasteiger partial charge in [-0.3, -0.25) is 0 Å². The third kappa shape index (κ3) is 4.00. The zero-order chi connectivity index (χ0) is 20.6. The average Bonchev–Trinajstić information content (AvgIpc) is 3.08. The Hall–Kier alpha value is -3.18. The van der Waals surface area contributed by atoms with Gasteiger partial charge in [0.25, 0.3) is 0 Å². The molecule has 0 aliphatic heterocycles. The molecular weight excluding hydrogens is 427 g/mol. The smallest absolute Gasteiger partial charge is 0.393 e. The van der Waals surface area contributed by atoms with Crippen molar-refractivity contribution >= 4 is 61.4 Å². The van der Waals surface area contributed by atoms with Gasteiger partial charge in [-0.05, 0) is 18.2 Å². The van der Waals surface area contributed by atoms with Crippen LogP contribution >= 0.6 is 22.9 Å². The van der Waals surface area contributed by atoms with Crippen LogP contribution in [0.4, 0.5) is 41.4 Å². The Morgan fingerprint density at radius 3 is 2.41 bits per heavy atom. The fraction of sp³-hybridized carbons (Fsp3) is 0.0588. The third-order valence-corrected chi connectivity index (χ3v) is 5.05. The van der Waals surface area contributed by atoms with Crippen LogP contribution in [0.3, 0.4) is 0 Å². The van der Waals surface area contributed by atoms with Gasteiger partial charge >= 0.3 is 6.18 Å². The molecule has 0 atom stereocenters. The summed E-state index contributed by atoms with van der Waals surface area (Å²) < 4.78 is 39.3. The van der Waals surface area contributed by atoms with Crippen molar-refractivity contribution < 1.29 is 13.2 Å². The van der Waals surface area contributed by atoms with Crippen LogP contribution in [0.1, 0.15) is 5.56 Å². The Labute approximate surface area is 170 Å². The fourth-order valence-electron chi connectivity index (χ4n) is 2.42. The number of thiazole rings is 1. The summed E-state index contributed by atoms with van der Waals surface area (Å²) in [6, 6.07) is 8.38. The summed E-state index contributed by atoms with van der Waals surface area (Å²) in [5.74, 6) is 0.401. The molecule has 3 heterocycles. The lowest BCUT2D eigenvalue weighted by molar-refractivity contribution is -0.137. The lowest BCUT2D eigenvalue weighted by atomic mass is 10.3. The molecule has 4 rings (SSSR count). The number of halogens is 4. The normalized spacial score (nSPS) is 11.6. The molecule has 7 nitrogen and oxygen atoms in total. The highest BCUT2D eigenvalue weighted by Crippen LogP contribution is 2.35. The molecule has 0 bridgehead atoms. The van der Waals surface area contributed by atoms with Crippen molar-refractivity contribution in [1.82, 2.24) is 19.9 Å². The third-order valence-electron chi connectivity index (χ3n) is 3.81. The molecule has 29 heavy (non-hydrogen) atoms. The van der Waals surface area contributed by atoms with Crippen molar-refractivity contribution in [2.75, 3.05) is 16.4 Å². The largest absolute Gasteiger partial charge is 0.417 e. The summed E-state index contributed by atoms with van der Waals surface area (Å²) >= 11 is 7.34. The van der Waals surface area contributed by atoms with Crippen LogP contribution in [0.15, 0.2) is 42.9 Å². The lowest BCUT2D eigenvalue weighted by Gasteiger charge is -2.13. The number of aromatic nitrogens is 4. The van der Waals surface area contributed by atoms with Crippen molar-refractivity contribution in [2.24, 2.45) is 0 Å². The molecule has 0 saturated carbocycles. The van der Waals surface area contributed by atoms with Crippen LogP contribution in [0.2, 0.25) is 5.02 Å². The van der Waals surface area contributed by atoms with E-state index >= 15 is 0 Å². The molecule has 148 valence electrons. The average molecular weight is 438 g/mol. The number of nitrogens with one attached hydrogen (secondary N) is 2. The first-order valence-corrected chi connectivity index (χ1v) is 9.23. The Kier molecular flexibility index (Phi) is 4.84. The Morgan fingerprint density at radius 2 is 1.72 bits per heavy atom. The molecule has 1 aromatic carbocycles. The van der Waals surface area contributed by atoms with Crippen LogP contribution in [0, 0.1) is 0 Å². The first-order valence-electron chi connectivity index (χ1n) is 8.04. The second-order valence-corrected chi connectivity index (χ2v) is 7.21.